The monoisotopic (exact) mass is 320 g/mol. The molecule has 0 saturated carbocycles. The van der Waals surface area contributed by atoms with Crippen LogP contribution < -0.4 is 5.32 Å². The van der Waals surface area contributed by atoms with Crippen LogP contribution in [0.2, 0.25) is 0 Å². The minimum Gasteiger partial charge on any atom is -0.352 e. The Morgan fingerprint density at radius 2 is 1.83 bits per heavy atom. The normalized spacial score (nSPS) is 10.6. The van der Waals surface area contributed by atoms with Crippen LogP contribution in [0.5, 0.6) is 0 Å². The smallest absolute Gasteiger partial charge is 0.272 e. The molecule has 3 rings (SSSR count). The van der Waals surface area contributed by atoms with E-state index in [0.717, 1.165) is 22.3 Å². The third-order valence-electron chi connectivity index (χ3n) is 3.94. The van der Waals surface area contributed by atoms with Gasteiger partial charge in [0.2, 0.25) is 0 Å². The Balaban J connectivity index is 1.82. The van der Waals surface area contributed by atoms with Gasteiger partial charge in [-0.25, -0.2) is 4.98 Å². The number of benzene rings is 1. The average molecular weight is 320 g/mol. The predicted molar refractivity (Wildman–Crippen MR) is 96.5 cm³/mol. The van der Waals surface area contributed by atoms with Crippen LogP contribution in [0.15, 0.2) is 54.9 Å². The first kappa shape index (κ1) is 15.9. The molecule has 0 unspecified atom stereocenters. The number of rotatable bonds is 5. The highest BCUT2D eigenvalue weighted by Gasteiger charge is 2.13. The van der Waals surface area contributed by atoms with Gasteiger partial charge in [0.15, 0.2) is 0 Å². The number of para-hydroxylation sites is 1. The average Bonchev–Trinajstić information content (AvgIpc) is 2.63. The summed E-state index contributed by atoms with van der Waals surface area (Å²) in [5.41, 5.74) is 3.10. The lowest BCUT2D eigenvalue weighted by atomic mass is 10.2. The number of pyridine rings is 2. The number of carbonyl (C=O) groups excluding carboxylic acids is 1. The third-order valence-corrected chi connectivity index (χ3v) is 3.94. The SMILES string of the molecule is CCN(CC)C(=O)c1ccc(Nc2cccc3cccnc23)cn1. The van der Waals surface area contributed by atoms with Crippen LogP contribution in [-0.4, -0.2) is 33.9 Å². The summed E-state index contributed by atoms with van der Waals surface area (Å²) in [7, 11) is 0. The number of fused-ring (bicyclic) bond motifs is 1. The fraction of sp³-hybridized carbons (Fsp3) is 0.211. The second kappa shape index (κ2) is 7.08. The molecular formula is C19H20N4O. The molecule has 3 aromatic rings. The minimum absolute atomic E-state index is 0.0432. The largest absolute Gasteiger partial charge is 0.352 e. The van der Waals surface area contributed by atoms with Crippen molar-refractivity contribution in [1.82, 2.24) is 14.9 Å². The Bertz CT molecular complexity index is 836. The molecule has 0 spiro atoms. The maximum atomic E-state index is 12.3. The van der Waals surface area contributed by atoms with E-state index in [0.29, 0.717) is 18.8 Å². The Kier molecular flexibility index (Phi) is 4.70. The number of carbonyl (C=O) groups is 1. The zero-order valence-electron chi connectivity index (χ0n) is 13.9. The molecule has 0 saturated heterocycles. The van der Waals surface area contributed by atoms with Crippen LogP contribution in [0.4, 0.5) is 11.4 Å². The Morgan fingerprint density at radius 3 is 2.54 bits per heavy atom. The maximum absolute atomic E-state index is 12.3. The fourth-order valence-electron chi connectivity index (χ4n) is 2.63. The molecular weight excluding hydrogens is 300 g/mol. The Labute approximate surface area is 141 Å². The lowest BCUT2D eigenvalue weighted by Crippen LogP contribution is -2.31. The number of anilines is 2. The van der Waals surface area contributed by atoms with Crippen molar-refractivity contribution in [1.29, 1.82) is 0 Å². The third kappa shape index (κ3) is 3.20. The predicted octanol–water partition coefficient (Wildman–Crippen LogP) is 3.86. The van der Waals surface area contributed by atoms with Gasteiger partial charge in [-0.3, -0.25) is 9.78 Å². The summed E-state index contributed by atoms with van der Waals surface area (Å²) in [6.07, 6.45) is 3.45. The first-order valence-corrected chi connectivity index (χ1v) is 8.09. The molecule has 0 atom stereocenters. The van der Waals surface area contributed by atoms with E-state index in [9.17, 15) is 4.79 Å². The first-order valence-electron chi connectivity index (χ1n) is 8.09. The topological polar surface area (TPSA) is 58.1 Å². The summed E-state index contributed by atoms with van der Waals surface area (Å²) in [4.78, 5) is 22.8. The molecule has 0 aliphatic carbocycles. The van der Waals surface area contributed by atoms with Gasteiger partial charge in [-0.05, 0) is 38.1 Å². The fourth-order valence-corrected chi connectivity index (χ4v) is 2.63. The summed E-state index contributed by atoms with van der Waals surface area (Å²) >= 11 is 0. The highest BCUT2D eigenvalue weighted by Crippen LogP contribution is 2.24. The van der Waals surface area contributed by atoms with E-state index in [1.807, 2.05) is 50.2 Å². The van der Waals surface area contributed by atoms with Gasteiger partial charge in [-0.1, -0.05) is 18.2 Å². The van der Waals surface area contributed by atoms with E-state index in [1.54, 1.807) is 23.4 Å². The standard InChI is InChI=1S/C19H20N4O/c1-3-23(4-2)19(24)17-11-10-15(13-21-17)22-16-9-5-7-14-8-6-12-20-18(14)16/h5-13,22H,3-4H2,1-2H3. The zero-order valence-corrected chi connectivity index (χ0v) is 13.9. The Morgan fingerprint density at radius 1 is 1.04 bits per heavy atom. The summed E-state index contributed by atoms with van der Waals surface area (Å²) in [6, 6.07) is 13.5. The van der Waals surface area contributed by atoms with Gasteiger partial charge in [0, 0.05) is 24.7 Å². The molecule has 5 heteroatoms. The maximum Gasteiger partial charge on any atom is 0.272 e. The summed E-state index contributed by atoms with van der Waals surface area (Å²) in [5.74, 6) is -0.0432. The van der Waals surface area contributed by atoms with Crippen LogP contribution >= 0.6 is 0 Å². The second-order valence-electron chi connectivity index (χ2n) is 5.42. The zero-order chi connectivity index (χ0) is 16.9. The highest BCUT2D eigenvalue weighted by atomic mass is 16.2. The van der Waals surface area contributed by atoms with Crippen molar-refractivity contribution in [3.8, 4) is 0 Å². The van der Waals surface area contributed by atoms with Gasteiger partial charge < -0.3 is 10.2 Å². The van der Waals surface area contributed by atoms with Crippen molar-refractivity contribution in [3.05, 3.63) is 60.6 Å². The van der Waals surface area contributed by atoms with E-state index in [4.69, 9.17) is 0 Å². The van der Waals surface area contributed by atoms with Gasteiger partial charge in [0.25, 0.3) is 5.91 Å². The van der Waals surface area contributed by atoms with E-state index in [2.05, 4.69) is 15.3 Å². The van der Waals surface area contributed by atoms with Gasteiger partial charge in [0.05, 0.1) is 23.1 Å². The number of nitrogens with one attached hydrogen (secondary N) is 1. The van der Waals surface area contributed by atoms with Gasteiger partial charge >= 0.3 is 0 Å². The molecule has 1 N–H and O–H groups in total. The molecule has 1 aromatic carbocycles. The van der Waals surface area contributed by atoms with Crippen molar-refractivity contribution in [2.24, 2.45) is 0 Å². The van der Waals surface area contributed by atoms with Crippen LogP contribution in [0.3, 0.4) is 0 Å². The van der Waals surface area contributed by atoms with Crippen molar-refractivity contribution in [3.63, 3.8) is 0 Å². The summed E-state index contributed by atoms with van der Waals surface area (Å²) < 4.78 is 0. The molecule has 122 valence electrons. The van der Waals surface area contributed by atoms with E-state index in [1.165, 1.54) is 0 Å². The van der Waals surface area contributed by atoms with Gasteiger partial charge in [0.1, 0.15) is 5.69 Å². The second-order valence-corrected chi connectivity index (χ2v) is 5.42. The van der Waals surface area contributed by atoms with Crippen molar-refractivity contribution in [2.45, 2.75) is 13.8 Å². The molecule has 5 nitrogen and oxygen atoms in total. The quantitative estimate of drug-likeness (QED) is 0.775. The molecule has 24 heavy (non-hydrogen) atoms. The van der Waals surface area contributed by atoms with Crippen molar-refractivity contribution in [2.75, 3.05) is 18.4 Å². The summed E-state index contributed by atoms with van der Waals surface area (Å²) in [5, 5.41) is 4.39. The molecule has 2 aromatic heterocycles. The highest BCUT2D eigenvalue weighted by molar-refractivity contribution is 5.93. The minimum atomic E-state index is -0.0432. The van der Waals surface area contributed by atoms with Crippen molar-refractivity contribution < 1.29 is 4.79 Å². The van der Waals surface area contributed by atoms with Crippen LogP contribution in [0, 0.1) is 0 Å². The molecule has 0 aliphatic heterocycles. The first-order chi connectivity index (χ1) is 11.7. The van der Waals surface area contributed by atoms with Gasteiger partial charge in [-0.15, -0.1) is 0 Å². The van der Waals surface area contributed by atoms with Gasteiger partial charge in [-0.2, -0.15) is 0 Å². The number of hydrogen-bond acceptors (Lipinski definition) is 4. The van der Waals surface area contributed by atoms with Crippen LogP contribution in [-0.2, 0) is 0 Å². The van der Waals surface area contributed by atoms with Crippen LogP contribution in [0.25, 0.3) is 10.9 Å². The van der Waals surface area contributed by atoms with E-state index in [-0.39, 0.29) is 5.91 Å². The molecule has 0 bridgehead atoms. The lowest BCUT2D eigenvalue weighted by molar-refractivity contribution is 0.0767. The molecule has 0 aliphatic rings. The Hall–Kier alpha value is -2.95. The molecule has 0 fully saturated rings. The number of amides is 1. The summed E-state index contributed by atoms with van der Waals surface area (Å²) in [6.45, 7) is 5.28. The van der Waals surface area contributed by atoms with E-state index >= 15 is 0 Å². The number of nitrogens with zero attached hydrogens (tertiary/aromatic N) is 3. The molecule has 1 amide bonds. The molecule has 0 radical (unpaired) electrons. The number of hydrogen-bond donors (Lipinski definition) is 1. The van der Waals surface area contributed by atoms with Crippen LogP contribution in [0.1, 0.15) is 24.3 Å². The van der Waals surface area contributed by atoms with E-state index < -0.39 is 0 Å². The number of aromatic nitrogens is 2. The lowest BCUT2D eigenvalue weighted by Gasteiger charge is -2.18. The molecule has 2 heterocycles. The van der Waals surface area contributed by atoms with Crippen molar-refractivity contribution >= 4 is 28.2 Å².